The molecule has 3 nitrogen and oxygen atoms in total. The molecule has 3 heteroatoms. The lowest BCUT2D eigenvalue weighted by molar-refractivity contribution is 0.0274. The molecule has 0 aromatic heterocycles. The fraction of sp³-hybridized carbons (Fsp3) is 0.625. The molecule has 0 unspecified atom stereocenters. The number of nitrogens with one attached hydrogen (secondary N) is 1. The van der Waals surface area contributed by atoms with Crippen molar-refractivity contribution in [3.63, 3.8) is 0 Å². The topological polar surface area (TPSA) is 24.5 Å². The smallest absolute Gasteiger partial charge is 0.0717 e. The van der Waals surface area contributed by atoms with Gasteiger partial charge in [-0.15, -0.1) is 0 Å². The van der Waals surface area contributed by atoms with Crippen LogP contribution in [0.1, 0.15) is 31.9 Å². The average Bonchev–Trinajstić information content (AvgIpc) is 2.36. The quantitative estimate of drug-likeness (QED) is 0.781. The van der Waals surface area contributed by atoms with E-state index in [-0.39, 0.29) is 5.54 Å². The van der Waals surface area contributed by atoms with Gasteiger partial charge in [-0.3, -0.25) is 0 Å². The summed E-state index contributed by atoms with van der Waals surface area (Å²) in [5.74, 6) is 0. The number of hydrogen-bond acceptors (Lipinski definition) is 3. The van der Waals surface area contributed by atoms with E-state index in [1.54, 1.807) is 0 Å². The second kappa shape index (κ2) is 7.63. The second-order valence-electron chi connectivity index (χ2n) is 5.80. The molecule has 1 aromatic carbocycles. The lowest BCUT2D eigenvalue weighted by atomic mass is 10.1. The van der Waals surface area contributed by atoms with E-state index in [2.05, 4.69) is 69.3 Å². The summed E-state index contributed by atoms with van der Waals surface area (Å²) in [6, 6.07) is 8.59. The van der Waals surface area contributed by atoms with Crippen LogP contribution in [0.2, 0.25) is 0 Å². The first-order chi connectivity index (χ1) is 8.95. The summed E-state index contributed by atoms with van der Waals surface area (Å²) in [7, 11) is 4.17. The number of nitrogens with zero attached hydrogens (tertiary/aromatic N) is 1. The molecule has 0 spiro atoms. The van der Waals surface area contributed by atoms with Crippen molar-refractivity contribution in [3.8, 4) is 0 Å². The Balaban J connectivity index is 2.45. The zero-order valence-electron chi connectivity index (χ0n) is 13.0. The van der Waals surface area contributed by atoms with Gasteiger partial charge in [0.1, 0.15) is 0 Å². The molecule has 0 fully saturated rings. The monoisotopic (exact) mass is 264 g/mol. The van der Waals surface area contributed by atoms with Gasteiger partial charge in [0.05, 0.1) is 13.2 Å². The maximum atomic E-state index is 5.84. The molecule has 0 aliphatic carbocycles. The number of rotatable bonds is 8. The van der Waals surface area contributed by atoms with Crippen LogP contribution in [-0.2, 0) is 17.9 Å². The lowest BCUT2D eigenvalue weighted by Crippen LogP contribution is -2.42. The minimum Gasteiger partial charge on any atom is -0.375 e. The van der Waals surface area contributed by atoms with Gasteiger partial charge < -0.3 is 15.0 Å². The first kappa shape index (κ1) is 16.2. The Morgan fingerprint density at radius 1 is 1.21 bits per heavy atom. The summed E-state index contributed by atoms with van der Waals surface area (Å²) in [6.07, 6.45) is 0. The van der Waals surface area contributed by atoms with E-state index < -0.39 is 0 Å². The molecule has 0 atom stereocenters. The fourth-order valence-corrected chi connectivity index (χ4v) is 1.65. The van der Waals surface area contributed by atoms with Crippen LogP contribution in [0.4, 0.5) is 0 Å². The largest absolute Gasteiger partial charge is 0.375 e. The van der Waals surface area contributed by atoms with Crippen LogP contribution in [0.3, 0.4) is 0 Å². The van der Waals surface area contributed by atoms with Crippen LogP contribution in [0.15, 0.2) is 24.3 Å². The van der Waals surface area contributed by atoms with Crippen molar-refractivity contribution in [2.24, 2.45) is 0 Å². The van der Waals surface area contributed by atoms with Gasteiger partial charge in [-0.25, -0.2) is 0 Å². The SMILES string of the molecule is CCNCc1cccc(COCC(C)(C)N(C)C)c1. The molecule has 1 rings (SSSR count). The zero-order valence-corrected chi connectivity index (χ0v) is 13.0. The number of benzene rings is 1. The van der Waals surface area contributed by atoms with Crippen LogP contribution in [-0.4, -0.2) is 37.7 Å². The van der Waals surface area contributed by atoms with Crippen molar-refractivity contribution in [3.05, 3.63) is 35.4 Å². The third-order valence-corrected chi connectivity index (χ3v) is 3.51. The normalized spacial score (nSPS) is 12.1. The molecular weight excluding hydrogens is 236 g/mol. The van der Waals surface area contributed by atoms with E-state index in [0.29, 0.717) is 6.61 Å². The predicted molar refractivity (Wildman–Crippen MR) is 81.2 cm³/mol. The standard InChI is InChI=1S/C16H28N2O/c1-6-17-11-14-8-7-9-15(10-14)12-19-13-16(2,3)18(4)5/h7-10,17H,6,11-13H2,1-5H3. The third kappa shape index (κ3) is 5.72. The van der Waals surface area contributed by atoms with Gasteiger partial charge in [-0.05, 0) is 45.6 Å². The van der Waals surface area contributed by atoms with E-state index in [9.17, 15) is 0 Å². The molecule has 0 aliphatic heterocycles. The summed E-state index contributed by atoms with van der Waals surface area (Å²) in [5.41, 5.74) is 2.63. The summed E-state index contributed by atoms with van der Waals surface area (Å²) in [4.78, 5) is 2.19. The Hall–Kier alpha value is -0.900. The molecule has 19 heavy (non-hydrogen) atoms. The zero-order chi connectivity index (χ0) is 14.3. The van der Waals surface area contributed by atoms with Crippen molar-refractivity contribution >= 4 is 0 Å². The van der Waals surface area contributed by atoms with Gasteiger partial charge in [-0.2, -0.15) is 0 Å². The molecule has 0 aliphatic rings. The van der Waals surface area contributed by atoms with Crippen molar-refractivity contribution in [1.82, 2.24) is 10.2 Å². The molecular formula is C16H28N2O. The van der Waals surface area contributed by atoms with Crippen LogP contribution < -0.4 is 5.32 Å². The number of likely N-dealkylation sites (N-methyl/N-ethyl adjacent to an activating group) is 1. The van der Waals surface area contributed by atoms with Crippen LogP contribution >= 0.6 is 0 Å². The average molecular weight is 264 g/mol. The van der Waals surface area contributed by atoms with E-state index in [1.807, 2.05) is 0 Å². The van der Waals surface area contributed by atoms with Crippen molar-refractivity contribution in [2.75, 3.05) is 27.2 Å². The fourth-order valence-electron chi connectivity index (χ4n) is 1.65. The first-order valence-corrected chi connectivity index (χ1v) is 6.99. The lowest BCUT2D eigenvalue weighted by Gasteiger charge is -2.32. The molecule has 0 amide bonds. The molecule has 0 saturated carbocycles. The Labute approximate surface area is 118 Å². The molecule has 108 valence electrons. The van der Waals surface area contributed by atoms with Gasteiger partial charge in [0.2, 0.25) is 0 Å². The minimum atomic E-state index is 0.0708. The van der Waals surface area contributed by atoms with Gasteiger partial charge in [0.15, 0.2) is 0 Å². The second-order valence-corrected chi connectivity index (χ2v) is 5.80. The van der Waals surface area contributed by atoms with E-state index in [4.69, 9.17) is 4.74 Å². The van der Waals surface area contributed by atoms with E-state index >= 15 is 0 Å². The number of hydrogen-bond donors (Lipinski definition) is 1. The van der Waals surface area contributed by atoms with Crippen LogP contribution in [0.5, 0.6) is 0 Å². The predicted octanol–water partition coefficient (Wildman–Crippen LogP) is 2.65. The van der Waals surface area contributed by atoms with Gasteiger partial charge in [0.25, 0.3) is 0 Å². The number of ether oxygens (including phenoxy) is 1. The Bertz CT molecular complexity index is 375. The highest BCUT2D eigenvalue weighted by Gasteiger charge is 2.20. The van der Waals surface area contributed by atoms with Crippen molar-refractivity contribution in [2.45, 2.75) is 39.5 Å². The third-order valence-electron chi connectivity index (χ3n) is 3.51. The minimum absolute atomic E-state index is 0.0708. The van der Waals surface area contributed by atoms with Crippen LogP contribution in [0.25, 0.3) is 0 Å². The summed E-state index contributed by atoms with van der Waals surface area (Å²) in [6.45, 7) is 9.83. The molecule has 0 radical (unpaired) electrons. The van der Waals surface area contributed by atoms with E-state index in [0.717, 1.165) is 19.7 Å². The van der Waals surface area contributed by atoms with E-state index in [1.165, 1.54) is 11.1 Å². The Morgan fingerprint density at radius 2 is 1.89 bits per heavy atom. The highest BCUT2D eigenvalue weighted by Crippen LogP contribution is 2.12. The molecule has 1 aromatic rings. The van der Waals surface area contributed by atoms with Crippen molar-refractivity contribution < 1.29 is 4.74 Å². The molecule has 0 bridgehead atoms. The maximum absolute atomic E-state index is 5.84. The van der Waals surface area contributed by atoms with Crippen LogP contribution in [0, 0.1) is 0 Å². The highest BCUT2D eigenvalue weighted by molar-refractivity contribution is 5.22. The first-order valence-electron chi connectivity index (χ1n) is 6.99. The van der Waals surface area contributed by atoms with Gasteiger partial charge in [-0.1, -0.05) is 31.2 Å². The summed E-state index contributed by atoms with van der Waals surface area (Å²) < 4.78 is 5.84. The van der Waals surface area contributed by atoms with Crippen molar-refractivity contribution in [1.29, 1.82) is 0 Å². The van der Waals surface area contributed by atoms with Gasteiger partial charge in [0, 0.05) is 12.1 Å². The molecule has 0 heterocycles. The summed E-state index contributed by atoms with van der Waals surface area (Å²) >= 11 is 0. The maximum Gasteiger partial charge on any atom is 0.0717 e. The molecule has 0 saturated heterocycles. The van der Waals surface area contributed by atoms with Gasteiger partial charge >= 0.3 is 0 Å². The summed E-state index contributed by atoms with van der Waals surface area (Å²) in [5, 5.41) is 3.34. The molecule has 1 N–H and O–H groups in total. The Kier molecular flexibility index (Phi) is 6.49. The highest BCUT2D eigenvalue weighted by atomic mass is 16.5. The Morgan fingerprint density at radius 3 is 2.53 bits per heavy atom.